The van der Waals surface area contributed by atoms with Crippen molar-refractivity contribution in [1.82, 2.24) is 4.90 Å². The van der Waals surface area contributed by atoms with Crippen LogP contribution in [0.15, 0.2) is 33.5 Å². The zero-order valence-corrected chi connectivity index (χ0v) is 15.1. The van der Waals surface area contributed by atoms with Gasteiger partial charge in [0.2, 0.25) is 0 Å². The van der Waals surface area contributed by atoms with E-state index in [0.717, 1.165) is 36.6 Å². The largest absolute Gasteiger partial charge is 0.484 e. The van der Waals surface area contributed by atoms with Crippen LogP contribution < -0.4 is 10.4 Å². The molecule has 1 aliphatic heterocycles. The fourth-order valence-corrected chi connectivity index (χ4v) is 3.73. The monoisotopic (exact) mass is 343 g/mol. The maximum Gasteiger partial charge on any atom is 0.336 e. The normalized spacial score (nSPS) is 20.7. The predicted molar refractivity (Wildman–Crippen MR) is 97.0 cm³/mol. The smallest absolute Gasteiger partial charge is 0.336 e. The number of aryl methyl sites for hydroxylation is 1. The summed E-state index contributed by atoms with van der Waals surface area (Å²) in [6.07, 6.45) is 4.00. The van der Waals surface area contributed by atoms with Gasteiger partial charge in [-0.15, -0.1) is 0 Å². The number of carbonyl (C=O) groups excluding carboxylic acids is 1. The number of hydrogen-bond donors (Lipinski definition) is 0. The van der Waals surface area contributed by atoms with Crippen molar-refractivity contribution in [3.63, 3.8) is 0 Å². The van der Waals surface area contributed by atoms with E-state index >= 15 is 0 Å². The SMILES string of the molecule is CCc1cc(=O)oc2cc(OCC(=O)N3C(C)CCCC3C)ccc12. The number of carbonyl (C=O) groups is 1. The number of ether oxygens (including phenoxy) is 1. The second-order valence-corrected chi connectivity index (χ2v) is 6.82. The lowest BCUT2D eigenvalue weighted by atomic mass is 9.97. The molecule has 1 aliphatic rings. The van der Waals surface area contributed by atoms with Gasteiger partial charge in [-0.1, -0.05) is 6.92 Å². The molecule has 0 aliphatic carbocycles. The Morgan fingerprint density at radius 3 is 2.64 bits per heavy atom. The first kappa shape index (κ1) is 17.5. The van der Waals surface area contributed by atoms with Gasteiger partial charge in [-0.2, -0.15) is 0 Å². The van der Waals surface area contributed by atoms with Gasteiger partial charge >= 0.3 is 5.63 Å². The summed E-state index contributed by atoms with van der Waals surface area (Å²) in [5, 5.41) is 0.902. The lowest BCUT2D eigenvalue weighted by Gasteiger charge is -2.38. The quantitative estimate of drug-likeness (QED) is 0.797. The average Bonchev–Trinajstić information content (AvgIpc) is 2.58. The maximum absolute atomic E-state index is 12.5. The highest BCUT2D eigenvalue weighted by Crippen LogP contribution is 2.25. The van der Waals surface area contributed by atoms with Gasteiger partial charge in [0.05, 0.1) is 0 Å². The molecule has 1 aromatic heterocycles. The standard InChI is InChI=1S/C20H25NO4/c1-4-15-10-20(23)25-18-11-16(8-9-17(15)18)24-12-19(22)21-13(2)6-5-7-14(21)3/h8-11,13-14H,4-7,12H2,1-3H3. The molecular weight excluding hydrogens is 318 g/mol. The maximum atomic E-state index is 12.5. The van der Waals surface area contributed by atoms with E-state index in [1.54, 1.807) is 6.07 Å². The van der Waals surface area contributed by atoms with Crippen LogP contribution in [0.2, 0.25) is 0 Å². The van der Waals surface area contributed by atoms with E-state index in [4.69, 9.17) is 9.15 Å². The highest BCUT2D eigenvalue weighted by molar-refractivity contribution is 5.82. The first-order valence-electron chi connectivity index (χ1n) is 9.00. The topological polar surface area (TPSA) is 59.8 Å². The molecule has 134 valence electrons. The summed E-state index contributed by atoms with van der Waals surface area (Å²) >= 11 is 0. The lowest BCUT2D eigenvalue weighted by molar-refractivity contribution is -0.139. The van der Waals surface area contributed by atoms with Gasteiger partial charge in [0.25, 0.3) is 5.91 Å². The van der Waals surface area contributed by atoms with Gasteiger partial charge in [-0.3, -0.25) is 4.79 Å². The molecular formula is C20H25NO4. The number of piperidine rings is 1. The van der Waals surface area contributed by atoms with Crippen LogP contribution in [0.25, 0.3) is 11.0 Å². The van der Waals surface area contributed by atoms with Crippen molar-refractivity contribution in [3.8, 4) is 5.75 Å². The second kappa shape index (κ2) is 7.30. The van der Waals surface area contributed by atoms with Gasteiger partial charge < -0.3 is 14.1 Å². The van der Waals surface area contributed by atoms with E-state index < -0.39 is 0 Å². The number of rotatable bonds is 4. The Labute approximate surface area is 147 Å². The minimum Gasteiger partial charge on any atom is -0.484 e. The van der Waals surface area contributed by atoms with E-state index in [1.807, 2.05) is 24.0 Å². The molecule has 1 aromatic carbocycles. The van der Waals surface area contributed by atoms with Crippen LogP contribution >= 0.6 is 0 Å². The molecule has 2 aromatic rings. The molecule has 5 nitrogen and oxygen atoms in total. The zero-order chi connectivity index (χ0) is 18.0. The van der Waals surface area contributed by atoms with Gasteiger partial charge in [-0.05, 0) is 57.2 Å². The van der Waals surface area contributed by atoms with Crippen LogP contribution in [-0.4, -0.2) is 29.5 Å². The van der Waals surface area contributed by atoms with Gasteiger partial charge in [0, 0.05) is 29.6 Å². The Balaban J connectivity index is 1.75. The van der Waals surface area contributed by atoms with Crippen LogP contribution in [0.3, 0.4) is 0 Å². The molecule has 0 radical (unpaired) electrons. The molecule has 1 fully saturated rings. The average molecular weight is 343 g/mol. The summed E-state index contributed by atoms with van der Waals surface area (Å²) in [5.74, 6) is 0.540. The van der Waals surface area contributed by atoms with Crippen LogP contribution in [-0.2, 0) is 11.2 Å². The first-order valence-corrected chi connectivity index (χ1v) is 9.00. The third-order valence-electron chi connectivity index (χ3n) is 5.03. The Bertz CT molecular complexity index is 816. The fourth-order valence-electron chi connectivity index (χ4n) is 3.73. The van der Waals surface area contributed by atoms with E-state index in [-0.39, 0.29) is 30.2 Å². The summed E-state index contributed by atoms with van der Waals surface area (Å²) in [6, 6.07) is 7.40. The van der Waals surface area contributed by atoms with Gasteiger partial charge in [-0.25, -0.2) is 4.79 Å². The summed E-state index contributed by atoms with van der Waals surface area (Å²) in [7, 11) is 0. The number of nitrogens with zero attached hydrogens (tertiary/aromatic N) is 1. The molecule has 3 rings (SSSR count). The zero-order valence-electron chi connectivity index (χ0n) is 15.1. The number of hydrogen-bond acceptors (Lipinski definition) is 4. The Kier molecular flexibility index (Phi) is 5.11. The van der Waals surface area contributed by atoms with E-state index in [0.29, 0.717) is 11.3 Å². The Morgan fingerprint density at radius 2 is 1.96 bits per heavy atom. The first-order chi connectivity index (χ1) is 12.0. The van der Waals surface area contributed by atoms with Crippen molar-refractivity contribution >= 4 is 16.9 Å². The third kappa shape index (κ3) is 3.70. The molecule has 2 unspecified atom stereocenters. The number of likely N-dealkylation sites (tertiary alicyclic amines) is 1. The highest BCUT2D eigenvalue weighted by atomic mass is 16.5. The van der Waals surface area contributed by atoms with Crippen molar-refractivity contribution in [2.45, 2.75) is 58.5 Å². The molecule has 2 heterocycles. The molecule has 0 spiro atoms. The van der Waals surface area contributed by atoms with Crippen molar-refractivity contribution in [2.75, 3.05) is 6.61 Å². The molecule has 0 bridgehead atoms. The Hall–Kier alpha value is -2.30. The lowest BCUT2D eigenvalue weighted by Crippen LogP contribution is -2.49. The summed E-state index contributed by atoms with van der Waals surface area (Å²) < 4.78 is 11.0. The third-order valence-corrected chi connectivity index (χ3v) is 5.03. The van der Waals surface area contributed by atoms with Crippen molar-refractivity contribution in [2.24, 2.45) is 0 Å². The predicted octanol–water partition coefficient (Wildman–Crippen LogP) is 3.52. The summed E-state index contributed by atoms with van der Waals surface area (Å²) in [5.41, 5.74) is 1.08. The van der Waals surface area contributed by atoms with Crippen LogP contribution in [0, 0.1) is 0 Å². The van der Waals surface area contributed by atoms with Crippen LogP contribution in [0.5, 0.6) is 5.75 Å². The highest BCUT2D eigenvalue weighted by Gasteiger charge is 2.28. The van der Waals surface area contributed by atoms with Crippen molar-refractivity contribution in [1.29, 1.82) is 0 Å². The number of fused-ring (bicyclic) bond motifs is 1. The van der Waals surface area contributed by atoms with Crippen LogP contribution in [0.4, 0.5) is 0 Å². The summed E-state index contributed by atoms with van der Waals surface area (Å²) in [6.45, 7) is 6.17. The fraction of sp³-hybridized carbons (Fsp3) is 0.500. The minimum atomic E-state index is -0.367. The van der Waals surface area contributed by atoms with Crippen molar-refractivity contribution in [3.05, 3.63) is 40.2 Å². The second-order valence-electron chi connectivity index (χ2n) is 6.82. The van der Waals surface area contributed by atoms with Gasteiger partial charge in [0.1, 0.15) is 11.3 Å². The van der Waals surface area contributed by atoms with Gasteiger partial charge in [0.15, 0.2) is 6.61 Å². The Morgan fingerprint density at radius 1 is 1.24 bits per heavy atom. The molecule has 2 atom stereocenters. The molecule has 5 heteroatoms. The van der Waals surface area contributed by atoms with Crippen LogP contribution in [0.1, 0.15) is 45.6 Å². The summed E-state index contributed by atoms with van der Waals surface area (Å²) in [4.78, 5) is 26.1. The number of amides is 1. The molecule has 1 saturated heterocycles. The molecule has 25 heavy (non-hydrogen) atoms. The minimum absolute atomic E-state index is 0.00210. The molecule has 1 amide bonds. The number of benzene rings is 1. The molecule has 0 N–H and O–H groups in total. The molecule has 0 saturated carbocycles. The van der Waals surface area contributed by atoms with E-state index in [2.05, 4.69) is 13.8 Å². The van der Waals surface area contributed by atoms with Crippen molar-refractivity contribution < 1.29 is 13.9 Å². The van der Waals surface area contributed by atoms with E-state index in [9.17, 15) is 9.59 Å². The van der Waals surface area contributed by atoms with E-state index in [1.165, 1.54) is 6.07 Å².